The summed E-state index contributed by atoms with van der Waals surface area (Å²) < 4.78 is 0. The van der Waals surface area contributed by atoms with Gasteiger partial charge >= 0.3 is 6.03 Å². The molecule has 112 valence electrons. The molecule has 3 amide bonds. The normalized spacial score (nSPS) is 23.5. The van der Waals surface area contributed by atoms with Crippen molar-refractivity contribution < 1.29 is 9.59 Å². The molecule has 2 saturated heterocycles. The van der Waals surface area contributed by atoms with E-state index < -0.39 is 6.04 Å². The Morgan fingerprint density at radius 3 is 2.48 bits per heavy atom. The average Bonchev–Trinajstić information content (AvgIpc) is 2.77. The molecule has 0 spiro atoms. The van der Waals surface area contributed by atoms with Crippen LogP contribution in [0.25, 0.3) is 0 Å². The van der Waals surface area contributed by atoms with Gasteiger partial charge < -0.3 is 10.6 Å². The van der Waals surface area contributed by atoms with E-state index in [2.05, 4.69) is 15.5 Å². The number of carbonyl (C=O) groups is 2. The molecule has 0 aromatic heterocycles. The summed E-state index contributed by atoms with van der Waals surface area (Å²) in [5.41, 5.74) is 1.97. The van der Waals surface area contributed by atoms with Gasteiger partial charge in [-0.05, 0) is 12.5 Å². The highest BCUT2D eigenvalue weighted by Crippen LogP contribution is 2.22. The minimum atomic E-state index is -0.555. The average molecular weight is 288 g/mol. The maximum Gasteiger partial charge on any atom is 0.326 e. The summed E-state index contributed by atoms with van der Waals surface area (Å²) in [5.74, 6) is -0.164. The minimum Gasteiger partial charge on any atom is -0.322 e. The summed E-state index contributed by atoms with van der Waals surface area (Å²) in [7, 11) is 0. The van der Waals surface area contributed by atoms with Crippen molar-refractivity contribution in [2.75, 3.05) is 32.8 Å². The van der Waals surface area contributed by atoms with E-state index in [1.165, 1.54) is 4.90 Å². The Hall–Kier alpha value is -1.92. The number of urea groups is 1. The maximum absolute atomic E-state index is 12.5. The smallest absolute Gasteiger partial charge is 0.322 e. The number of hydrogen-bond donors (Lipinski definition) is 2. The van der Waals surface area contributed by atoms with Gasteiger partial charge in [-0.1, -0.05) is 29.8 Å². The lowest BCUT2D eigenvalue weighted by molar-refractivity contribution is -0.129. The van der Waals surface area contributed by atoms with Crippen molar-refractivity contribution in [3.05, 3.63) is 35.4 Å². The first-order valence-electron chi connectivity index (χ1n) is 7.26. The number of amides is 3. The van der Waals surface area contributed by atoms with Crippen molar-refractivity contribution in [3.63, 3.8) is 0 Å². The Morgan fingerprint density at radius 2 is 1.81 bits per heavy atom. The van der Waals surface area contributed by atoms with Crippen LogP contribution >= 0.6 is 0 Å². The van der Waals surface area contributed by atoms with Crippen molar-refractivity contribution in [2.45, 2.75) is 13.0 Å². The molecule has 0 saturated carbocycles. The molecule has 2 fully saturated rings. The Bertz CT molecular complexity index is 537. The molecule has 1 aromatic rings. The van der Waals surface area contributed by atoms with Gasteiger partial charge in [0.25, 0.3) is 5.91 Å². The Morgan fingerprint density at radius 1 is 1.14 bits per heavy atom. The van der Waals surface area contributed by atoms with Gasteiger partial charge in [0, 0.05) is 26.2 Å². The van der Waals surface area contributed by atoms with Crippen LogP contribution in [0.2, 0.25) is 0 Å². The number of nitrogens with zero attached hydrogens (tertiary/aromatic N) is 2. The van der Waals surface area contributed by atoms with Gasteiger partial charge in [-0.2, -0.15) is 0 Å². The third kappa shape index (κ3) is 2.91. The van der Waals surface area contributed by atoms with Crippen molar-refractivity contribution in [3.8, 4) is 0 Å². The van der Waals surface area contributed by atoms with E-state index >= 15 is 0 Å². The molecule has 6 nitrogen and oxygen atoms in total. The van der Waals surface area contributed by atoms with E-state index in [9.17, 15) is 9.59 Å². The van der Waals surface area contributed by atoms with Gasteiger partial charge in [0.1, 0.15) is 6.04 Å². The van der Waals surface area contributed by atoms with E-state index in [4.69, 9.17) is 0 Å². The van der Waals surface area contributed by atoms with Crippen LogP contribution in [0.4, 0.5) is 4.79 Å². The van der Waals surface area contributed by atoms with Crippen molar-refractivity contribution in [1.29, 1.82) is 0 Å². The second kappa shape index (κ2) is 5.83. The summed E-state index contributed by atoms with van der Waals surface area (Å²) in [6.45, 7) is 5.86. The summed E-state index contributed by atoms with van der Waals surface area (Å²) in [4.78, 5) is 28.0. The van der Waals surface area contributed by atoms with Gasteiger partial charge in [0.05, 0.1) is 6.67 Å². The molecule has 2 aliphatic heterocycles. The molecule has 2 N–H and O–H groups in total. The van der Waals surface area contributed by atoms with Crippen LogP contribution in [0, 0.1) is 6.92 Å². The predicted molar refractivity (Wildman–Crippen MR) is 78.6 cm³/mol. The first-order chi connectivity index (χ1) is 10.1. The second-order valence-electron chi connectivity index (χ2n) is 5.57. The highest BCUT2D eigenvalue weighted by molar-refractivity contribution is 6.04. The summed E-state index contributed by atoms with van der Waals surface area (Å²) >= 11 is 0. The monoisotopic (exact) mass is 288 g/mol. The third-order valence-corrected chi connectivity index (χ3v) is 3.99. The van der Waals surface area contributed by atoms with E-state index in [-0.39, 0.29) is 11.9 Å². The number of carbonyl (C=O) groups excluding carboxylic acids is 2. The standard InChI is InChI=1S/C15H20N4O2/c1-11-2-4-12(5-3-11)13-14(20)19(15(21)17-13)10-18-8-6-16-7-9-18/h2-5,13,16H,6-10H2,1H3,(H,17,21). The first kappa shape index (κ1) is 14.0. The molecule has 1 aromatic carbocycles. The lowest BCUT2D eigenvalue weighted by atomic mass is 10.1. The van der Waals surface area contributed by atoms with E-state index in [0.29, 0.717) is 6.67 Å². The highest BCUT2D eigenvalue weighted by atomic mass is 16.2. The summed E-state index contributed by atoms with van der Waals surface area (Å²) in [6, 6.07) is 6.84. The highest BCUT2D eigenvalue weighted by Gasteiger charge is 2.39. The van der Waals surface area contributed by atoms with Crippen LogP contribution in [0.5, 0.6) is 0 Å². The second-order valence-corrected chi connectivity index (χ2v) is 5.57. The zero-order chi connectivity index (χ0) is 14.8. The Kier molecular flexibility index (Phi) is 3.90. The zero-order valence-electron chi connectivity index (χ0n) is 12.1. The van der Waals surface area contributed by atoms with Gasteiger partial charge in [-0.25, -0.2) is 9.69 Å². The van der Waals surface area contributed by atoms with E-state index in [1.807, 2.05) is 31.2 Å². The van der Waals surface area contributed by atoms with Crippen LogP contribution in [-0.4, -0.2) is 54.6 Å². The van der Waals surface area contributed by atoms with Crippen molar-refractivity contribution >= 4 is 11.9 Å². The van der Waals surface area contributed by atoms with Gasteiger partial charge in [-0.3, -0.25) is 9.69 Å². The van der Waals surface area contributed by atoms with Crippen molar-refractivity contribution in [1.82, 2.24) is 20.4 Å². The largest absolute Gasteiger partial charge is 0.326 e. The number of piperazine rings is 1. The van der Waals surface area contributed by atoms with Gasteiger partial charge in [0.15, 0.2) is 0 Å². The third-order valence-electron chi connectivity index (χ3n) is 3.99. The van der Waals surface area contributed by atoms with Crippen LogP contribution in [0.3, 0.4) is 0 Å². The molecular formula is C15H20N4O2. The molecule has 1 unspecified atom stereocenters. The number of rotatable bonds is 3. The van der Waals surface area contributed by atoms with Crippen LogP contribution in [0.15, 0.2) is 24.3 Å². The lowest BCUT2D eigenvalue weighted by Crippen LogP contribution is -2.49. The summed E-state index contributed by atoms with van der Waals surface area (Å²) in [6.07, 6.45) is 0. The predicted octanol–water partition coefficient (Wildman–Crippen LogP) is 0.451. The fourth-order valence-electron chi connectivity index (χ4n) is 2.69. The number of nitrogens with one attached hydrogen (secondary N) is 2. The number of benzene rings is 1. The fraction of sp³-hybridized carbons (Fsp3) is 0.467. The Balaban J connectivity index is 1.71. The van der Waals surface area contributed by atoms with Gasteiger partial charge in [0.2, 0.25) is 0 Å². The number of imide groups is 1. The lowest BCUT2D eigenvalue weighted by Gasteiger charge is -2.29. The fourth-order valence-corrected chi connectivity index (χ4v) is 2.69. The maximum atomic E-state index is 12.5. The molecule has 0 aliphatic carbocycles. The molecule has 2 heterocycles. The van der Waals surface area contributed by atoms with Gasteiger partial charge in [-0.15, -0.1) is 0 Å². The molecule has 1 atom stereocenters. The molecule has 0 radical (unpaired) electrons. The van der Waals surface area contributed by atoms with Crippen LogP contribution in [0.1, 0.15) is 17.2 Å². The topological polar surface area (TPSA) is 64.7 Å². The first-order valence-corrected chi connectivity index (χ1v) is 7.26. The quantitative estimate of drug-likeness (QED) is 0.793. The van der Waals surface area contributed by atoms with E-state index in [1.54, 1.807) is 0 Å². The number of hydrogen-bond acceptors (Lipinski definition) is 4. The molecule has 21 heavy (non-hydrogen) atoms. The molecular weight excluding hydrogens is 268 g/mol. The molecule has 3 rings (SSSR count). The summed E-state index contributed by atoms with van der Waals surface area (Å²) in [5, 5.41) is 6.03. The number of aryl methyl sites for hydroxylation is 1. The molecule has 0 bridgehead atoms. The Labute approximate surface area is 124 Å². The van der Waals surface area contributed by atoms with Crippen LogP contribution < -0.4 is 10.6 Å². The molecule has 6 heteroatoms. The SMILES string of the molecule is Cc1ccc(C2NC(=O)N(CN3CCNCC3)C2=O)cc1. The van der Waals surface area contributed by atoms with Crippen molar-refractivity contribution in [2.24, 2.45) is 0 Å². The van der Waals surface area contributed by atoms with E-state index in [0.717, 1.165) is 37.3 Å². The van der Waals surface area contributed by atoms with Crippen LogP contribution in [-0.2, 0) is 4.79 Å². The molecule has 2 aliphatic rings. The minimum absolute atomic E-state index is 0.164. The zero-order valence-corrected chi connectivity index (χ0v) is 12.1.